The van der Waals surface area contributed by atoms with Crippen molar-refractivity contribution in [2.45, 2.75) is 18.1 Å². The maximum Gasteiger partial charge on any atom is 0.235 e. The van der Waals surface area contributed by atoms with Gasteiger partial charge < -0.3 is 5.73 Å². The van der Waals surface area contributed by atoms with E-state index in [4.69, 9.17) is 11.0 Å². The van der Waals surface area contributed by atoms with E-state index in [1.807, 2.05) is 6.07 Å². The van der Waals surface area contributed by atoms with Crippen LogP contribution < -0.4 is 10.5 Å². The third-order valence-electron chi connectivity index (χ3n) is 3.37. The molecule has 0 atom stereocenters. The molecular weight excluding hydrogens is 314 g/mol. The average Bonchev–Trinajstić information content (AvgIpc) is 2.40. The lowest BCUT2D eigenvalue weighted by atomic mass is 10.2. The third kappa shape index (κ3) is 3.65. The van der Waals surface area contributed by atoms with Gasteiger partial charge in [-0.15, -0.1) is 0 Å². The van der Waals surface area contributed by atoms with Crippen molar-refractivity contribution in [2.75, 3.05) is 22.0 Å². The van der Waals surface area contributed by atoms with Crippen LogP contribution in [-0.2, 0) is 19.9 Å². The topological polar surface area (TPSA) is 130 Å². The van der Waals surface area contributed by atoms with E-state index in [0.717, 1.165) is 0 Å². The van der Waals surface area contributed by atoms with Crippen LogP contribution in [0.2, 0.25) is 0 Å². The Morgan fingerprint density at radius 1 is 1.29 bits per heavy atom. The van der Waals surface area contributed by atoms with Crippen molar-refractivity contribution in [3.05, 3.63) is 23.8 Å². The fourth-order valence-electron chi connectivity index (χ4n) is 2.14. The van der Waals surface area contributed by atoms with E-state index in [1.165, 1.54) is 18.2 Å². The van der Waals surface area contributed by atoms with Gasteiger partial charge in [0.25, 0.3) is 0 Å². The van der Waals surface area contributed by atoms with E-state index in [0.29, 0.717) is 5.56 Å². The first kappa shape index (κ1) is 15.6. The summed E-state index contributed by atoms with van der Waals surface area (Å²) in [6.45, 7) is 0. The van der Waals surface area contributed by atoms with Gasteiger partial charge in [0.1, 0.15) is 9.84 Å². The van der Waals surface area contributed by atoms with E-state index < -0.39 is 25.1 Å². The quantitative estimate of drug-likeness (QED) is 0.775. The maximum atomic E-state index is 12.2. The molecule has 0 unspecified atom stereocenters. The zero-order valence-corrected chi connectivity index (χ0v) is 12.7. The molecule has 7 nitrogen and oxygen atoms in total. The Kier molecular flexibility index (Phi) is 4.11. The second-order valence-corrected chi connectivity index (χ2v) is 9.18. The van der Waals surface area contributed by atoms with E-state index in [-0.39, 0.29) is 35.7 Å². The molecule has 0 spiro atoms. The number of rotatable bonds is 3. The minimum Gasteiger partial charge on any atom is -0.397 e. The zero-order chi connectivity index (χ0) is 15.7. The smallest absolute Gasteiger partial charge is 0.235 e. The number of nitrogens with zero attached hydrogens (tertiary/aromatic N) is 1. The van der Waals surface area contributed by atoms with Gasteiger partial charge in [0.15, 0.2) is 0 Å². The highest BCUT2D eigenvalue weighted by Gasteiger charge is 2.33. The molecule has 1 aromatic rings. The summed E-state index contributed by atoms with van der Waals surface area (Å²) in [6.07, 6.45) is 0.154. The van der Waals surface area contributed by atoms with Crippen molar-refractivity contribution < 1.29 is 16.8 Å². The predicted octanol–water partition coefficient (Wildman–Crippen LogP) is 0.459. The number of sulfone groups is 1. The van der Waals surface area contributed by atoms with Crippen LogP contribution in [0.25, 0.3) is 0 Å². The molecule has 0 radical (unpaired) electrons. The van der Waals surface area contributed by atoms with Crippen LogP contribution in [0.1, 0.15) is 18.4 Å². The standard InChI is InChI=1S/C12H15N3O4S2/c13-8-9-1-2-12(11(14)7-9)15-21(18,19)10-3-5-20(16,17)6-4-10/h1-2,7,10,15H,3-6,14H2. The molecule has 3 N–H and O–H groups in total. The molecule has 0 amide bonds. The van der Waals surface area contributed by atoms with Gasteiger partial charge in [0.05, 0.1) is 39.8 Å². The molecule has 1 saturated heterocycles. The molecular formula is C12H15N3O4S2. The molecule has 9 heteroatoms. The first-order chi connectivity index (χ1) is 9.73. The van der Waals surface area contributed by atoms with Crippen LogP contribution >= 0.6 is 0 Å². The number of nitriles is 1. The van der Waals surface area contributed by atoms with Crippen LogP contribution in [0.4, 0.5) is 11.4 Å². The molecule has 1 aliphatic heterocycles. The van der Waals surface area contributed by atoms with Crippen molar-refractivity contribution in [3.8, 4) is 6.07 Å². The van der Waals surface area contributed by atoms with Crippen LogP contribution in [0.3, 0.4) is 0 Å². The number of anilines is 2. The zero-order valence-electron chi connectivity index (χ0n) is 11.1. The number of hydrogen-bond donors (Lipinski definition) is 2. The summed E-state index contributed by atoms with van der Waals surface area (Å²) >= 11 is 0. The van der Waals surface area contributed by atoms with Crippen LogP contribution in [0.5, 0.6) is 0 Å². The number of nitrogen functional groups attached to an aromatic ring is 1. The molecule has 1 aromatic carbocycles. The second kappa shape index (κ2) is 5.54. The minimum atomic E-state index is -3.71. The molecule has 21 heavy (non-hydrogen) atoms. The van der Waals surface area contributed by atoms with Gasteiger partial charge >= 0.3 is 0 Å². The van der Waals surface area contributed by atoms with Crippen LogP contribution in [0, 0.1) is 11.3 Å². The third-order valence-corrected chi connectivity index (χ3v) is 6.94. The minimum absolute atomic E-state index is 0.0772. The van der Waals surface area contributed by atoms with Crippen molar-refractivity contribution in [1.82, 2.24) is 0 Å². The number of hydrogen-bond acceptors (Lipinski definition) is 6. The molecule has 0 aromatic heterocycles. The highest BCUT2D eigenvalue weighted by Crippen LogP contribution is 2.25. The summed E-state index contributed by atoms with van der Waals surface area (Å²) in [5, 5.41) is 7.98. The molecule has 0 aliphatic carbocycles. The summed E-state index contributed by atoms with van der Waals surface area (Å²) in [6, 6.07) is 6.16. The van der Waals surface area contributed by atoms with E-state index >= 15 is 0 Å². The lowest BCUT2D eigenvalue weighted by molar-refractivity contribution is 0.555. The summed E-state index contributed by atoms with van der Waals surface area (Å²) in [5.74, 6) is -0.247. The van der Waals surface area contributed by atoms with E-state index in [9.17, 15) is 16.8 Å². The van der Waals surface area contributed by atoms with Crippen LogP contribution in [0.15, 0.2) is 18.2 Å². The lowest BCUT2D eigenvalue weighted by Crippen LogP contribution is -2.36. The first-order valence-electron chi connectivity index (χ1n) is 6.25. The van der Waals surface area contributed by atoms with Gasteiger partial charge in [-0.3, -0.25) is 4.72 Å². The van der Waals surface area contributed by atoms with Crippen molar-refractivity contribution in [2.24, 2.45) is 0 Å². The SMILES string of the molecule is N#Cc1ccc(NS(=O)(=O)C2CCS(=O)(=O)CC2)c(N)c1. The molecule has 1 aliphatic rings. The summed E-state index contributed by atoms with van der Waals surface area (Å²) in [4.78, 5) is 0. The Morgan fingerprint density at radius 2 is 1.90 bits per heavy atom. The average molecular weight is 329 g/mol. The molecule has 0 saturated carbocycles. The van der Waals surface area contributed by atoms with Gasteiger partial charge in [0.2, 0.25) is 10.0 Å². The number of benzene rings is 1. The highest BCUT2D eigenvalue weighted by atomic mass is 32.2. The number of sulfonamides is 1. The molecule has 0 bridgehead atoms. The van der Waals surface area contributed by atoms with Crippen molar-refractivity contribution in [1.29, 1.82) is 5.26 Å². The van der Waals surface area contributed by atoms with Crippen molar-refractivity contribution >= 4 is 31.2 Å². The normalized spacial score (nSPS) is 18.8. The largest absolute Gasteiger partial charge is 0.397 e. The first-order valence-corrected chi connectivity index (χ1v) is 9.62. The van der Waals surface area contributed by atoms with Gasteiger partial charge in [-0.2, -0.15) is 5.26 Å². The fraction of sp³-hybridized carbons (Fsp3) is 0.417. The molecule has 1 fully saturated rings. The molecule has 114 valence electrons. The summed E-state index contributed by atoms with van der Waals surface area (Å²) in [5.41, 5.74) is 6.39. The van der Waals surface area contributed by atoms with Crippen molar-refractivity contribution in [3.63, 3.8) is 0 Å². The Balaban J connectivity index is 2.17. The Bertz CT molecular complexity index is 780. The Hall–Kier alpha value is -1.79. The second-order valence-electron chi connectivity index (χ2n) is 4.91. The number of nitrogens with one attached hydrogen (secondary N) is 1. The van der Waals surface area contributed by atoms with Gasteiger partial charge in [0, 0.05) is 0 Å². The Morgan fingerprint density at radius 3 is 2.43 bits per heavy atom. The highest BCUT2D eigenvalue weighted by molar-refractivity contribution is 7.94. The monoisotopic (exact) mass is 329 g/mol. The van der Waals surface area contributed by atoms with E-state index in [2.05, 4.69) is 4.72 Å². The summed E-state index contributed by atoms with van der Waals surface area (Å²) in [7, 11) is -6.82. The van der Waals surface area contributed by atoms with Gasteiger partial charge in [-0.05, 0) is 31.0 Å². The lowest BCUT2D eigenvalue weighted by Gasteiger charge is -2.23. The van der Waals surface area contributed by atoms with Gasteiger partial charge in [-0.25, -0.2) is 16.8 Å². The predicted molar refractivity (Wildman–Crippen MR) is 79.8 cm³/mol. The van der Waals surface area contributed by atoms with E-state index in [1.54, 1.807) is 0 Å². The Labute approximate surface area is 123 Å². The summed E-state index contributed by atoms with van der Waals surface area (Å²) < 4.78 is 49.6. The number of nitrogens with two attached hydrogens (primary N) is 1. The maximum absolute atomic E-state index is 12.2. The van der Waals surface area contributed by atoms with Gasteiger partial charge in [-0.1, -0.05) is 0 Å². The fourth-order valence-corrected chi connectivity index (χ4v) is 5.45. The van der Waals surface area contributed by atoms with Crippen LogP contribution in [-0.4, -0.2) is 33.6 Å². The molecule has 1 heterocycles. The molecule has 2 rings (SSSR count).